The summed E-state index contributed by atoms with van der Waals surface area (Å²) in [6, 6.07) is 4.19. The zero-order chi connectivity index (χ0) is 18.8. The highest BCUT2D eigenvalue weighted by Gasteiger charge is 2.05. The van der Waals surface area contributed by atoms with E-state index in [1.165, 1.54) is 9.88 Å². The molecule has 0 saturated carbocycles. The zero-order valence-electron chi connectivity index (χ0n) is 16.7. The summed E-state index contributed by atoms with van der Waals surface area (Å²) < 4.78 is 0. The third-order valence-electron chi connectivity index (χ3n) is 4.16. The SMILES string of the molecule is CCc1cnc(CCNC(=NC)NCc2ccc(N(CC)CC)nc2)s1.I. The van der Waals surface area contributed by atoms with Crippen LogP contribution in [0.1, 0.15) is 36.2 Å². The molecule has 2 heterocycles. The average molecular weight is 502 g/mol. The van der Waals surface area contributed by atoms with E-state index in [9.17, 15) is 0 Å². The minimum absolute atomic E-state index is 0. The molecule has 0 aliphatic rings. The summed E-state index contributed by atoms with van der Waals surface area (Å²) in [6.45, 7) is 9.89. The Morgan fingerprint density at radius 1 is 1.11 bits per heavy atom. The van der Waals surface area contributed by atoms with Gasteiger partial charge in [-0.25, -0.2) is 9.97 Å². The summed E-state index contributed by atoms with van der Waals surface area (Å²) >= 11 is 1.79. The number of aromatic nitrogens is 2. The van der Waals surface area contributed by atoms with Gasteiger partial charge in [0.25, 0.3) is 0 Å². The molecule has 0 bridgehead atoms. The molecule has 2 aromatic heterocycles. The maximum absolute atomic E-state index is 4.56. The fraction of sp³-hybridized carbons (Fsp3) is 0.526. The normalized spacial score (nSPS) is 11.0. The molecule has 2 rings (SSSR count). The average Bonchev–Trinajstić information content (AvgIpc) is 3.14. The summed E-state index contributed by atoms with van der Waals surface area (Å²) in [6.07, 6.45) is 5.86. The predicted octanol–water partition coefficient (Wildman–Crippen LogP) is 3.47. The number of nitrogens with one attached hydrogen (secondary N) is 2. The van der Waals surface area contributed by atoms with E-state index in [0.29, 0.717) is 6.54 Å². The molecule has 0 unspecified atom stereocenters. The van der Waals surface area contributed by atoms with Crippen LogP contribution in [0.3, 0.4) is 0 Å². The van der Waals surface area contributed by atoms with Crippen molar-refractivity contribution in [1.29, 1.82) is 0 Å². The molecule has 0 saturated heterocycles. The number of anilines is 1. The highest BCUT2D eigenvalue weighted by Crippen LogP contribution is 2.13. The van der Waals surface area contributed by atoms with Crippen molar-refractivity contribution in [1.82, 2.24) is 20.6 Å². The van der Waals surface area contributed by atoms with E-state index in [4.69, 9.17) is 0 Å². The Morgan fingerprint density at radius 3 is 2.44 bits per heavy atom. The second kappa shape index (κ2) is 12.9. The van der Waals surface area contributed by atoms with Crippen LogP contribution < -0.4 is 15.5 Å². The van der Waals surface area contributed by atoms with Gasteiger partial charge in [0.05, 0.1) is 5.01 Å². The fourth-order valence-corrected chi connectivity index (χ4v) is 3.44. The lowest BCUT2D eigenvalue weighted by molar-refractivity contribution is 0.788. The molecule has 0 spiro atoms. The third-order valence-corrected chi connectivity index (χ3v) is 5.36. The minimum atomic E-state index is 0. The first-order chi connectivity index (χ1) is 12.7. The van der Waals surface area contributed by atoms with Gasteiger partial charge in [0, 0.05) is 56.9 Å². The second-order valence-corrected chi connectivity index (χ2v) is 7.07. The van der Waals surface area contributed by atoms with Gasteiger partial charge in [0.2, 0.25) is 0 Å². The van der Waals surface area contributed by atoms with Gasteiger partial charge in [0.15, 0.2) is 5.96 Å². The first-order valence-corrected chi connectivity index (χ1v) is 10.1. The first-order valence-electron chi connectivity index (χ1n) is 9.28. The van der Waals surface area contributed by atoms with Gasteiger partial charge >= 0.3 is 0 Å². The van der Waals surface area contributed by atoms with Gasteiger partial charge in [-0.1, -0.05) is 13.0 Å². The first kappa shape index (κ1) is 23.6. The molecule has 150 valence electrons. The number of halogens is 1. The predicted molar refractivity (Wildman–Crippen MR) is 127 cm³/mol. The summed E-state index contributed by atoms with van der Waals surface area (Å²) in [5, 5.41) is 7.84. The molecule has 0 fully saturated rings. The lowest BCUT2D eigenvalue weighted by Gasteiger charge is -2.19. The molecule has 8 heteroatoms. The summed E-state index contributed by atoms with van der Waals surface area (Å²) in [5.74, 6) is 1.82. The Bertz CT molecular complexity index is 682. The molecular weight excluding hydrogens is 471 g/mol. The molecule has 0 aromatic carbocycles. The molecule has 6 nitrogen and oxygen atoms in total. The van der Waals surface area contributed by atoms with Crippen molar-refractivity contribution in [2.24, 2.45) is 4.99 Å². The van der Waals surface area contributed by atoms with E-state index in [2.05, 4.69) is 63.4 Å². The van der Waals surface area contributed by atoms with E-state index in [0.717, 1.165) is 49.8 Å². The molecule has 27 heavy (non-hydrogen) atoms. The van der Waals surface area contributed by atoms with Gasteiger partial charge in [0.1, 0.15) is 5.82 Å². The highest BCUT2D eigenvalue weighted by molar-refractivity contribution is 14.0. The number of rotatable bonds is 9. The van der Waals surface area contributed by atoms with E-state index in [-0.39, 0.29) is 24.0 Å². The van der Waals surface area contributed by atoms with Gasteiger partial charge in [-0.2, -0.15) is 0 Å². The van der Waals surface area contributed by atoms with E-state index in [1.54, 1.807) is 18.4 Å². The van der Waals surface area contributed by atoms with Crippen LogP contribution >= 0.6 is 35.3 Å². The topological polar surface area (TPSA) is 65.4 Å². The van der Waals surface area contributed by atoms with E-state index in [1.807, 2.05) is 12.4 Å². The van der Waals surface area contributed by atoms with Crippen molar-refractivity contribution in [3.63, 3.8) is 0 Å². The molecule has 0 amide bonds. The molecule has 2 aromatic rings. The third kappa shape index (κ3) is 7.61. The number of nitrogens with zero attached hydrogens (tertiary/aromatic N) is 4. The van der Waals surface area contributed by atoms with Gasteiger partial charge < -0.3 is 15.5 Å². The minimum Gasteiger partial charge on any atom is -0.357 e. The van der Waals surface area contributed by atoms with Gasteiger partial charge in [-0.15, -0.1) is 35.3 Å². The van der Waals surface area contributed by atoms with Crippen LogP contribution in [0.5, 0.6) is 0 Å². The molecule has 0 aliphatic carbocycles. The maximum Gasteiger partial charge on any atom is 0.191 e. The van der Waals surface area contributed by atoms with Crippen molar-refractivity contribution in [3.8, 4) is 0 Å². The van der Waals surface area contributed by atoms with Crippen LogP contribution in [0.4, 0.5) is 5.82 Å². The monoisotopic (exact) mass is 502 g/mol. The Hall–Kier alpha value is -1.42. The quantitative estimate of drug-likeness (QED) is 0.312. The van der Waals surface area contributed by atoms with Crippen LogP contribution in [0.25, 0.3) is 0 Å². The number of hydrogen-bond acceptors (Lipinski definition) is 5. The van der Waals surface area contributed by atoms with Gasteiger partial charge in [-0.05, 0) is 31.9 Å². The van der Waals surface area contributed by atoms with Crippen LogP contribution in [-0.2, 0) is 19.4 Å². The van der Waals surface area contributed by atoms with E-state index < -0.39 is 0 Å². The Labute approximate surface area is 183 Å². The second-order valence-electron chi connectivity index (χ2n) is 5.87. The molecule has 2 N–H and O–H groups in total. The van der Waals surface area contributed by atoms with Crippen molar-refractivity contribution >= 4 is 47.1 Å². The number of pyridine rings is 1. The summed E-state index contributed by atoms with van der Waals surface area (Å²) in [5.41, 5.74) is 1.14. The van der Waals surface area contributed by atoms with E-state index >= 15 is 0 Å². The summed E-state index contributed by atoms with van der Waals surface area (Å²) in [7, 11) is 1.79. The fourth-order valence-electron chi connectivity index (χ4n) is 2.58. The Morgan fingerprint density at radius 2 is 1.89 bits per heavy atom. The molecule has 0 aliphatic heterocycles. The number of thiazole rings is 1. The standard InChI is InChI=1S/C19H30N6S.HI/c1-5-16-14-23-18(26-16)10-11-21-19(20-4)24-13-15-8-9-17(22-12-15)25(6-2)7-3;/h8-9,12,14H,5-7,10-11,13H2,1-4H3,(H2,20,21,24);1H. The Balaban J connectivity index is 0.00000364. The van der Waals surface area contributed by atoms with Gasteiger partial charge in [-0.3, -0.25) is 4.99 Å². The van der Waals surface area contributed by atoms with Crippen LogP contribution in [0, 0.1) is 0 Å². The number of aliphatic imine (C=N–C) groups is 1. The smallest absolute Gasteiger partial charge is 0.191 e. The van der Waals surface area contributed by atoms with Crippen molar-refractivity contribution in [2.45, 2.75) is 40.2 Å². The lowest BCUT2D eigenvalue weighted by Crippen LogP contribution is -2.37. The van der Waals surface area contributed by atoms with Crippen LogP contribution in [-0.4, -0.2) is 42.6 Å². The number of guanidine groups is 1. The molecule has 0 atom stereocenters. The lowest BCUT2D eigenvalue weighted by atomic mass is 10.2. The zero-order valence-corrected chi connectivity index (χ0v) is 19.8. The highest BCUT2D eigenvalue weighted by atomic mass is 127. The number of aryl methyl sites for hydroxylation is 1. The Kier molecular flexibility index (Phi) is 11.3. The van der Waals surface area contributed by atoms with Crippen LogP contribution in [0.2, 0.25) is 0 Å². The molecular formula is C19H31IN6S. The van der Waals surface area contributed by atoms with Crippen molar-refractivity contribution in [3.05, 3.63) is 40.0 Å². The molecule has 0 radical (unpaired) electrons. The van der Waals surface area contributed by atoms with Crippen molar-refractivity contribution in [2.75, 3.05) is 31.6 Å². The maximum atomic E-state index is 4.56. The van der Waals surface area contributed by atoms with Crippen LogP contribution in [0.15, 0.2) is 29.5 Å². The largest absolute Gasteiger partial charge is 0.357 e. The number of hydrogen-bond donors (Lipinski definition) is 2. The van der Waals surface area contributed by atoms with Crippen molar-refractivity contribution < 1.29 is 0 Å². The summed E-state index contributed by atoms with van der Waals surface area (Å²) in [4.78, 5) is 16.9.